The van der Waals surface area contributed by atoms with Gasteiger partial charge in [-0.15, -0.1) is 0 Å². The van der Waals surface area contributed by atoms with E-state index in [0.717, 1.165) is 17.1 Å². The fraction of sp³-hybridized carbons (Fsp3) is 0.364. The minimum atomic E-state index is -0.229. The van der Waals surface area contributed by atoms with Gasteiger partial charge in [0, 0.05) is 5.75 Å². The third kappa shape index (κ3) is 2.37. The van der Waals surface area contributed by atoms with E-state index in [0.29, 0.717) is 6.42 Å². The summed E-state index contributed by atoms with van der Waals surface area (Å²) in [5.74, 6) is 1.35. The lowest BCUT2D eigenvalue weighted by Gasteiger charge is -2.36. The van der Waals surface area contributed by atoms with Crippen LogP contribution in [0.5, 0.6) is 5.75 Å². The molecule has 1 aromatic carbocycles. The molecule has 0 aromatic heterocycles. The predicted molar refractivity (Wildman–Crippen MR) is 62.0 cm³/mol. The smallest absolute Gasteiger partial charge is 0.319 e. The average molecular weight is 239 g/mol. The first-order chi connectivity index (χ1) is 7.70. The summed E-state index contributed by atoms with van der Waals surface area (Å²) in [6, 6.07) is 7.72. The van der Waals surface area contributed by atoms with Crippen molar-refractivity contribution in [3.63, 3.8) is 0 Å². The van der Waals surface area contributed by atoms with Crippen molar-refractivity contribution >= 4 is 17.7 Å². The second-order valence-corrected chi connectivity index (χ2v) is 4.83. The van der Waals surface area contributed by atoms with E-state index in [1.54, 1.807) is 7.11 Å². The topological polar surface area (TPSA) is 53.8 Å². The molecule has 2 unspecified atom stereocenters. The maximum atomic E-state index is 11.1. The second kappa shape index (κ2) is 4.86. The first kappa shape index (κ1) is 11.4. The van der Waals surface area contributed by atoms with Crippen LogP contribution in [0.2, 0.25) is 0 Å². The Balaban J connectivity index is 1.83. The molecular weight excluding hydrogens is 226 g/mol. The van der Waals surface area contributed by atoms with E-state index in [2.05, 4.69) is 0 Å². The maximum Gasteiger partial charge on any atom is 0.319 e. The SMILES string of the molecule is COc1ccc(CSC2CC(=O)[NH+]2[O-])cc1. The van der Waals surface area contributed by atoms with E-state index in [9.17, 15) is 10.0 Å². The molecule has 1 aliphatic rings. The normalized spacial score (nSPS) is 24.0. The van der Waals surface area contributed by atoms with Crippen molar-refractivity contribution in [2.75, 3.05) is 7.11 Å². The molecule has 1 saturated heterocycles. The van der Waals surface area contributed by atoms with Gasteiger partial charge in [0.2, 0.25) is 0 Å². The number of rotatable bonds is 4. The van der Waals surface area contributed by atoms with Gasteiger partial charge in [0.15, 0.2) is 5.37 Å². The van der Waals surface area contributed by atoms with E-state index >= 15 is 0 Å². The Morgan fingerprint density at radius 1 is 1.50 bits per heavy atom. The van der Waals surface area contributed by atoms with Crippen LogP contribution in [-0.2, 0) is 10.5 Å². The number of carbonyl (C=O) groups excluding carboxylic acids is 1. The van der Waals surface area contributed by atoms with E-state index in [1.165, 1.54) is 11.8 Å². The molecule has 0 aliphatic carbocycles. The highest BCUT2D eigenvalue weighted by Crippen LogP contribution is 2.21. The monoisotopic (exact) mass is 239 g/mol. The number of hydrogen-bond donors (Lipinski definition) is 1. The Bertz CT molecular complexity index is 379. The van der Waals surface area contributed by atoms with Crippen molar-refractivity contribution < 1.29 is 14.6 Å². The number of thioether (sulfide) groups is 1. The molecule has 0 saturated carbocycles. The van der Waals surface area contributed by atoms with Crippen LogP contribution in [0.1, 0.15) is 12.0 Å². The van der Waals surface area contributed by atoms with Gasteiger partial charge in [0.05, 0.1) is 7.11 Å². The lowest BCUT2D eigenvalue weighted by molar-refractivity contribution is -0.807. The molecule has 1 fully saturated rings. The first-order valence-electron chi connectivity index (χ1n) is 5.02. The molecule has 86 valence electrons. The van der Waals surface area contributed by atoms with E-state index in [1.807, 2.05) is 24.3 Å². The molecular formula is C11H13NO3S. The maximum absolute atomic E-state index is 11.1. The third-order valence-electron chi connectivity index (χ3n) is 2.55. The van der Waals surface area contributed by atoms with Gasteiger partial charge in [-0.3, -0.25) is 5.06 Å². The van der Waals surface area contributed by atoms with Gasteiger partial charge in [-0.1, -0.05) is 23.9 Å². The van der Waals surface area contributed by atoms with E-state index < -0.39 is 0 Å². The van der Waals surface area contributed by atoms with Gasteiger partial charge in [-0.25, -0.2) is 4.79 Å². The molecule has 2 rings (SSSR count). The summed E-state index contributed by atoms with van der Waals surface area (Å²) < 4.78 is 5.05. The summed E-state index contributed by atoms with van der Waals surface area (Å²) in [5, 5.41) is 10.8. The molecule has 1 aliphatic heterocycles. The first-order valence-corrected chi connectivity index (χ1v) is 6.07. The number of amides is 1. The summed E-state index contributed by atoms with van der Waals surface area (Å²) >= 11 is 1.53. The highest BCUT2D eigenvalue weighted by Gasteiger charge is 2.36. The number of methoxy groups -OCH3 is 1. The minimum absolute atomic E-state index is 0.116. The molecule has 1 aromatic rings. The van der Waals surface area contributed by atoms with Crippen molar-refractivity contribution in [1.82, 2.24) is 0 Å². The number of carbonyl (C=O) groups is 1. The fourth-order valence-electron chi connectivity index (χ4n) is 1.46. The standard InChI is InChI=1S/C11H13NO3S/c1-15-9-4-2-8(3-5-9)7-16-11-6-10(13)12(11)14/h2-5,11-12H,6-7H2,1H3. The lowest BCUT2D eigenvalue weighted by Crippen LogP contribution is -3.20. The van der Waals surface area contributed by atoms with E-state index in [-0.39, 0.29) is 16.3 Å². The molecule has 0 radical (unpaired) electrons. The quantitative estimate of drug-likeness (QED) is 0.616. The van der Waals surface area contributed by atoms with Crippen LogP contribution in [0.3, 0.4) is 0 Å². The zero-order valence-corrected chi connectivity index (χ0v) is 9.75. The van der Waals surface area contributed by atoms with Crippen LogP contribution in [0.4, 0.5) is 0 Å². The summed E-state index contributed by atoms with van der Waals surface area (Å²) in [5.41, 5.74) is 1.14. The Morgan fingerprint density at radius 3 is 2.69 bits per heavy atom. The molecule has 16 heavy (non-hydrogen) atoms. The largest absolute Gasteiger partial charge is 0.626 e. The summed E-state index contributed by atoms with van der Waals surface area (Å²) in [6.07, 6.45) is 0.402. The number of β-lactam (4-membered cyclic amide) rings is 1. The summed E-state index contributed by atoms with van der Waals surface area (Å²) in [7, 11) is 1.63. The molecule has 1 amide bonds. The zero-order chi connectivity index (χ0) is 11.5. The zero-order valence-electron chi connectivity index (χ0n) is 8.93. The third-order valence-corrected chi connectivity index (χ3v) is 3.83. The molecule has 1 N–H and O–H groups in total. The lowest BCUT2D eigenvalue weighted by atomic mass is 10.2. The van der Waals surface area contributed by atoms with Gasteiger partial charge in [0.1, 0.15) is 12.2 Å². The molecule has 1 heterocycles. The van der Waals surface area contributed by atoms with Crippen molar-refractivity contribution in [3.8, 4) is 5.75 Å². The van der Waals surface area contributed by atoms with E-state index in [4.69, 9.17) is 4.74 Å². The number of benzene rings is 1. The number of hydroxylamine groups is 2. The van der Waals surface area contributed by atoms with Gasteiger partial charge in [0.25, 0.3) is 0 Å². The Kier molecular flexibility index (Phi) is 3.48. The van der Waals surface area contributed by atoms with Crippen molar-refractivity contribution in [2.45, 2.75) is 17.5 Å². The van der Waals surface area contributed by atoms with Crippen LogP contribution in [0, 0.1) is 5.21 Å². The van der Waals surface area contributed by atoms with Gasteiger partial charge in [-0.2, -0.15) is 0 Å². The molecule has 5 heteroatoms. The van der Waals surface area contributed by atoms with Gasteiger partial charge < -0.3 is 9.94 Å². The molecule has 0 spiro atoms. The number of nitrogens with one attached hydrogen (secondary N) is 1. The Labute approximate surface area is 98.2 Å². The van der Waals surface area contributed by atoms with Gasteiger partial charge >= 0.3 is 5.91 Å². The Morgan fingerprint density at radius 2 is 2.19 bits per heavy atom. The molecule has 2 atom stereocenters. The highest BCUT2D eigenvalue weighted by molar-refractivity contribution is 7.99. The number of quaternary nitrogens is 1. The molecule has 0 bridgehead atoms. The minimum Gasteiger partial charge on any atom is -0.626 e. The van der Waals surface area contributed by atoms with Crippen LogP contribution >= 0.6 is 11.8 Å². The van der Waals surface area contributed by atoms with Crippen LogP contribution in [0.25, 0.3) is 0 Å². The summed E-state index contributed by atoms with van der Waals surface area (Å²) in [4.78, 5) is 10.8. The second-order valence-electron chi connectivity index (χ2n) is 3.64. The van der Waals surface area contributed by atoms with Crippen molar-refractivity contribution in [3.05, 3.63) is 35.0 Å². The van der Waals surface area contributed by atoms with Crippen LogP contribution < -0.4 is 9.80 Å². The van der Waals surface area contributed by atoms with Gasteiger partial charge in [-0.05, 0) is 17.7 Å². The predicted octanol–water partition coefficient (Wildman–Crippen LogP) is 0.567. The van der Waals surface area contributed by atoms with Crippen molar-refractivity contribution in [1.29, 1.82) is 0 Å². The van der Waals surface area contributed by atoms with Crippen LogP contribution in [0.15, 0.2) is 24.3 Å². The number of hydrogen-bond acceptors (Lipinski definition) is 4. The number of ether oxygens (including phenoxy) is 1. The Hall–Kier alpha value is -1.04. The van der Waals surface area contributed by atoms with Crippen molar-refractivity contribution in [2.24, 2.45) is 0 Å². The van der Waals surface area contributed by atoms with Crippen LogP contribution in [-0.4, -0.2) is 18.4 Å². The highest BCUT2D eigenvalue weighted by atomic mass is 32.2. The fourth-order valence-corrected chi connectivity index (χ4v) is 2.60. The average Bonchev–Trinajstić information content (AvgIpc) is 2.34. The molecule has 4 nitrogen and oxygen atoms in total. The summed E-state index contributed by atoms with van der Waals surface area (Å²) in [6.45, 7) is 0.